The van der Waals surface area contributed by atoms with Crippen molar-refractivity contribution in [3.63, 3.8) is 0 Å². The lowest BCUT2D eigenvalue weighted by atomic mass is 10.1. The number of aliphatic hydroxyl groups is 1. The van der Waals surface area contributed by atoms with E-state index in [1.807, 2.05) is 6.26 Å². The summed E-state index contributed by atoms with van der Waals surface area (Å²) in [7, 11) is 0. The first kappa shape index (κ1) is 14.3. The van der Waals surface area contributed by atoms with Crippen LogP contribution in [0.15, 0.2) is 0 Å². The van der Waals surface area contributed by atoms with Crippen molar-refractivity contribution < 1.29 is 28.9 Å². The number of thioether (sulfide) groups is 1. The molecule has 0 bridgehead atoms. The van der Waals surface area contributed by atoms with Crippen LogP contribution in [0.3, 0.4) is 0 Å². The summed E-state index contributed by atoms with van der Waals surface area (Å²) in [6.45, 7) is 2.48. The van der Waals surface area contributed by atoms with Crippen molar-refractivity contribution >= 4 is 23.7 Å². The molecule has 0 saturated carbocycles. The third kappa shape index (κ3) is 3.86. The lowest BCUT2D eigenvalue weighted by molar-refractivity contribution is -0.174. The summed E-state index contributed by atoms with van der Waals surface area (Å²) in [5.41, 5.74) is 0. The van der Waals surface area contributed by atoms with Crippen LogP contribution in [0.5, 0.6) is 0 Å². The van der Waals surface area contributed by atoms with Gasteiger partial charge in [-0.25, -0.2) is 0 Å². The van der Waals surface area contributed by atoms with Gasteiger partial charge < -0.3 is 19.3 Å². The average Bonchev–Trinajstić information content (AvgIpc) is 2.45. The Morgan fingerprint density at radius 1 is 1.24 bits per heavy atom. The van der Waals surface area contributed by atoms with E-state index in [4.69, 9.17) is 14.2 Å². The molecule has 1 N–H and O–H groups in total. The summed E-state index contributed by atoms with van der Waals surface area (Å²) >= 11 is 1.48. The van der Waals surface area contributed by atoms with Gasteiger partial charge in [0.25, 0.3) is 0 Å². The Morgan fingerprint density at radius 2 is 1.76 bits per heavy atom. The lowest BCUT2D eigenvalue weighted by Gasteiger charge is -2.21. The van der Waals surface area contributed by atoms with Gasteiger partial charge >= 0.3 is 11.9 Å². The summed E-state index contributed by atoms with van der Waals surface area (Å²) in [4.78, 5) is 21.9. The SMILES string of the molecule is CSCC1OC(O)C(OC(C)=O)[C@H]1OC(C)=O. The first-order valence-electron chi connectivity index (χ1n) is 5.12. The topological polar surface area (TPSA) is 82.1 Å². The van der Waals surface area contributed by atoms with Gasteiger partial charge in [-0.2, -0.15) is 11.8 Å². The monoisotopic (exact) mass is 264 g/mol. The fourth-order valence-corrected chi connectivity index (χ4v) is 2.25. The molecule has 1 heterocycles. The van der Waals surface area contributed by atoms with Gasteiger partial charge in [-0.3, -0.25) is 9.59 Å². The highest BCUT2D eigenvalue weighted by atomic mass is 32.2. The van der Waals surface area contributed by atoms with E-state index in [1.165, 1.54) is 25.6 Å². The molecule has 3 unspecified atom stereocenters. The number of rotatable bonds is 4. The highest BCUT2D eigenvalue weighted by molar-refractivity contribution is 7.98. The molecule has 0 spiro atoms. The first-order chi connectivity index (χ1) is 7.95. The third-order valence-corrected chi connectivity index (χ3v) is 2.88. The minimum absolute atomic E-state index is 0.478. The molecular formula is C10H16O6S. The molecule has 0 aromatic heterocycles. The van der Waals surface area contributed by atoms with Crippen molar-refractivity contribution in [3.8, 4) is 0 Å². The second-order valence-corrected chi connectivity index (χ2v) is 4.58. The fraction of sp³-hybridized carbons (Fsp3) is 0.800. The second-order valence-electron chi connectivity index (χ2n) is 3.67. The van der Waals surface area contributed by atoms with Gasteiger partial charge in [-0.15, -0.1) is 0 Å². The Kier molecular flexibility index (Phi) is 5.23. The summed E-state index contributed by atoms with van der Waals surface area (Å²) in [6.07, 6.45) is -1.61. The Balaban J connectivity index is 2.76. The Labute approximate surface area is 104 Å². The first-order valence-corrected chi connectivity index (χ1v) is 6.52. The third-order valence-electron chi connectivity index (χ3n) is 2.22. The van der Waals surface area contributed by atoms with Crippen LogP contribution in [0.25, 0.3) is 0 Å². The molecule has 1 aliphatic rings. The normalized spacial score (nSPS) is 32.2. The van der Waals surface area contributed by atoms with Gasteiger partial charge in [0, 0.05) is 19.6 Å². The van der Waals surface area contributed by atoms with E-state index in [0.717, 1.165) is 0 Å². The van der Waals surface area contributed by atoms with E-state index in [9.17, 15) is 14.7 Å². The van der Waals surface area contributed by atoms with Crippen LogP contribution in [0.4, 0.5) is 0 Å². The van der Waals surface area contributed by atoms with Crippen molar-refractivity contribution in [2.24, 2.45) is 0 Å². The van der Waals surface area contributed by atoms with Crippen molar-refractivity contribution in [3.05, 3.63) is 0 Å². The van der Waals surface area contributed by atoms with E-state index in [1.54, 1.807) is 0 Å². The predicted molar refractivity (Wildman–Crippen MR) is 60.4 cm³/mol. The quantitative estimate of drug-likeness (QED) is 0.712. The molecule has 6 nitrogen and oxygen atoms in total. The van der Waals surface area contributed by atoms with Crippen LogP contribution in [0.1, 0.15) is 13.8 Å². The molecule has 0 radical (unpaired) electrons. The number of hydrogen-bond acceptors (Lipinski definition) is 7. The molecular weight excluding hydrogens is 248 g/mol. The van der Waals surface area contributed by atoms with E-state index >= 15 is 0 Å². The van der Waals surface area contributed by atoms with E-state index in [-0.39, 0.29) is 0 Å². The van der Waals surface area contributed by atoms with E-state index in [0.29, 0.717) is 5.75 Å². The molecule has 0 aliphatic carbocycles. The van der Waals surface area contributed by atoms with Gasteiger partial charge in [0.15, 0.2) is 18.5 Å². The average molecular weight is 264 g/mol. The maximum Gasteiger partial charge on any atom is 0.303 e. The molecule has 0 aromatic rings. The highest BCUT2D eigenvalue weighted by Crippen LogP contribution is 2.27. The summed E-state index contributed by atoms with van der Waals surface area (Å²) < 4.78 is 15.2. The lowest BCUT2D eigenvalue weighted by Crippen LogP contribution is -2.40. The zero-order valence-electron chi connectivity index (χ0n) is 9.91. The standard InChI is InChI=1S/C10H16O6S/c1-5(11)14-8-7(4-17-3)16-10(13)9(8)15-6(2)12/h7-10,13H,4H2,1-3H3/t7?,8-,9?,10?/m0/s1. The number of hydrogen-bond donors (Lipinski definition) is 1. The van der Waals surface area contributed by atoms with E-state index in [2.05, 4.69) is 0 Å². The number of aliphatic hydroxyl groups excluding tert-OH is 1. The zero-order chi connectivity index (χ0) is 13.0. The molecule has 98 valence electrons. The number of ether oxygens (including phenoxy) is 3. The van der Waals surface area contributed by atoms with Gasteiger partial charge in [0.1, 0.15) is 6.10 Å². The van der Waals surface area contributed by atoms with Gasteiger partial charge in [0.05, 0.1) is 0 Å². The fourth-order valence-electron chi connectivity index (χ4n) is 1.66. The minimum Gasteiger partial charge on any atom is -0.456 e. The Bertz CT molecular complexity index is 295. The van der Waals surface area contributed by atoms with Gasteiger partial charge in [-0.1, -0.05) is 0 Å². The van der Waals surface area contributed by atoms with Crippen LogP contribution in [-0.2, 0) is 23.8 Å². The maximum absolute atomic E-state index is 11.0. The molecule has 1 rings (SSSR count). The smallest absolute Gasteiger partial charge is 0.303 e. The molecule has 1 fully saturated rings. The molecule has 7 heteroatoms. The zero-order valence-corrected chi connectivity index (χ0v) is 10.7. The van der Waals surface area contributed by atoms with Crippen molar-refractivity contribution in [1.82, 2.24) is 0 Å². The second kappa shape index (κ2) is 6.23. The van der Waals surface area contributed by atoms with Gasteiger partial charge in [0.2, 0.25) is 0 Å². The van der Waals surface area contributed by atoms with Crippen molar-refractivity contribution in [2.45, 2.75) is 38.4 Å². The summed E-state index contributed by atoms with van der Waals surface area (Å²) in [6, 6.07) is 0. The molecule has 1 saturated heterocycles. The molecule has 4 atom stereocenters. The van der Waals surface area contributed by atoms with Gasteiger partial charge in [-0.05, 0) is 6.26 Å². The number of esters is 2. The molecule has 1 aliphatic heterocycles. The van der Waals surface area contributed by atoms with Crippen LogP contribution in [-0.4, -0.2) is 53.7 Å². The highest BCUT2D eigenvalue weighted by Gasteiger charge is 2.48. The van der Waals surface area contributed by atoms with Crippen LogP contribution >= 0.6 is 11.8 Å². The van der Waals surface area contributed by atoms with Crippen molar-refractivity contribution in [1.29, 1.82) is 0 Å². The van der Waals surface area contributed by atoms with Crippen LogP contribution in [0.2, 0.25) is 0 Å². The summed E-state index contributed by atoms with van der Waals surface area (Å²) in [5.74, 6) is -0.525. The molecule has 17 heavy (non-hydrogen) atoms. The minimum atomic E-state index is -1.26. The van der Waals surface area contributed by atoms with Crippen molar-refractivity contribution in [2.75, 3.05) is 12.0 Å². The molecule has 0 amide bonds. The summed E-state index contributed by atoms with van der Waals surface area (Å²) in [5, 5.41) is 9.62. The van der Waals surface area contributed by atoms with E-state index < -0.39 is 36.5 Å². The predicted octanol–water partition coefficient (Wildman–Crippen LogP) is -0.0700. The Morgan fingerprint density at radius 3 is 2.24 bits per heavy atom. The number of carbonyl (C=O) groups excluding carboxylic acids is 2. The number of carbonyl (C=O) groups is 2. The van der Waals surface area contributed by atoms with Crippen LogP contribution in [0, 0.1) is 0 Å². The largest absolute Gasteiger partial charge is 0.456 e. The Hall–Kier alpha value is -0.790. The molecule has 0 aromatic carbocycles. The maximum atomic E-state index is 11.0. The van der Waals surface area contributed by atoms with Crippen LogP contribution < -0.4 is 0 Å².